The molecule has 0 spiro atoms. The third-order valence-corrected chi connectivity index (χ3v) is 1.70. The summed E-state index contributed by atoms with van der Waals surface area (Å²) in [5.41, 5.74) is 0. The van der Waals surface area contributed by atoms with E-state index in [-0.39, 0.29) is 20.9 Å². The highest BCUT2D eigenvalue weighted by atomic mass is 35.5. The number of alkyl halides is 1. The molecule has 0 aliphatic heterocycles. The Bertz CT molecular complexity index is 85.3. The van der Waals surface area contributed by atoms with Crippen LogP contribution < -0.4 is 0 Å². The minimum atomic E-state index is 0. The number of rotatable bonds is 1. The fourth-order valence-electron chi connectivity index (χ4n) is 0.0505. The fourth-order valence-corrected chi connectivity index (χ4v) is 0.455. The summed E-state index contributed by atoms with van der Waals surface area (Å²) < 4.78 is 0.0386. The number of hydrogen-bond acceptors (Lipinski definition) is 0. The van der Waals surface area contributed by atoms with Crippen LogP contribution in [0.5, 0.6) is 0 Å². The van der Waals surface area contributed by atoms with Crippen molar-refractivity contribution in [1.82, 2.24) is 0 Å². The first-order valence-corrected chi connectivity index (χ1v) is 3.11. The van der Waals surface area contributed by atoms with E-state index >= 15 is 0 Å². The molecule has 0 aromatic carbocycles. The summed E-state index contributed by atoms with van der Waals surface area (Å²) in [6.07, 6.45) is 0. The largest absolute Gasteiger partial charge is 0.412 e. The Morgan fingerprint density at radius 2 is 1.50 bits per heavy atom. The highest BCUT2D eigenvalue weighted by molar-refractivity contribution is 6.60. The number of allylic oxidation sites excluding steroid dienone is 1. The zero-order valence-electron chi connectivity index (χ0n) is 3.72. The quantitative estimate of drug-likeness (QED) is 0.578. The smallest absolute Gasteiger partial charge is 0.122 e. The van der Waals surface area contributed by atoms with Crippen LogP contribution in [0.2, 0.25) is 0 Å². The van der Waals surface area contributed by atoms with Crippen LogP contribution in [0.25, 0.3) is 0 Å². The van der Waals surface area contributed by atoms with Crippen molar-refractivity contribution in [2.24, 2.45) is 0 Å². The highest BCUT2D eigenvalue weighted by Crippen LogP contribution is 2.17. The van der Waals surface area contributed by atoms with E-state index < -0.39 is 0 Å². The second-order valence-corrected chi connectivity index (χ2v) is 2.47. The summed E-state index contributed by atoms with van der Waals surface area (Å²) >= 11 is 20.8. The summed E-state index contributed by atoms with van der Waals surface area (Å²) in [5, 5.41) is 0.282. The lowest BCUT2D eigenvalue weighted by molar-refractivity contribution is 0.824. The molecule has 1 nitrogen and oxygen atoms in total. The molecule has 0 bridgehead atoms. The van der Waals surface area contributed by atoms with Gasteiger partial charge in [-0.05, 0) is 0 Å². The number of halogens is 4. The van der Waals surface area contributed by atoms with Gasteiger partial charge in [-0.1, -0.05) is 34.8 Å². The molecular weight excluding hydrogens is 194 g/mol. The predicted octanol–water partition coefficient (Wildman–Crippen LogP) is 2.29. The molecule has 0 radical (unpaired) electrons. The van der Waals surface area contributed by atoms with E-state index in [1.54, 1.807) is 0 Å². The Balaban J connectivity index is 0. The van der Waals surface area contributed by atoms with Crippen LogP contribution in [0.4, 0.5) is 0 Å². The van der Waals surface area contributed by atoms with Gasteiger partial charge in [-0.25, -0.2) is 0 Å². The zero-order chi connectivity index (χ0) is 5.86. The summed E-state index contributed by atoms with van der Waals surface area (Å²) in [6, 6.07) is 0. The van der Waals surface area contributed by atoms with Crippen molar-refractivity contribution in [2.45, 2.75) is 0 Å². The van der Waals surface area contributed by atoms with Gasteiger partial charge in [-0.15, -0.1) is 11.6 Å². The maximum absolute atomic E-state index is 5.28. The Morgan fingerprint density at radius 3 is 1.50 bits per heavy atom. The molecule has 50 valence electrons. The Kier molecular flexibility index (Phi) is 8.70. The van der Waals surface area contributed by atoms with Crippen molar-refractivity contribution < 1.29 is 5.48 Å². The molecule has 8 heavy (non-hydrogen) atoms. The van der Waals surface area contributed by atoms with E-state index in [1.807, 2.05) is 0 Å². The molecule has 2 N–H and O–H groups in total. The average molecular weight is 198 g/mol. The van der Waals surface area contributed by atoms with E-state index in [0.717, 1.165) is 0 Å². The molecule has 0 aromatic rings. The first kappa shape index (κ1) is 11.6. The lowest BCUT2D eigenvalue weighted by atomic mass is 10.7. The molecule has 0 aliphatic carbocycles. The zero-order valence-corrected chi connectivity index (χ0v) is 6.74. The number of hydrogen-bond donors (Lipinski definition) is 0. The van der Waals surface area contributed by atoms with E-state index in [1.165, 1.54) is 0 Å². The summed E-state index contributed by atoms with van der Waals surface area (Å²) in [6.45, 7) is 0. The van der Waals surface area contributed by atoms with Crippen molar-refractivity contribution in [3.05, 3.63) is 9.52 Å². The van der Waals surface area contributed by atoms with Crippen LogP contribution >= 0.6 is 46.4 Å². The SMILES string of the molecule is ClCC(Cl)=C(Cl)Cl.O. The van der Waals surface area contributed by atoms with Gasteiger partial charge in [-0.2, -0.15) is 0 Å². The third kappa shape index (κ3) is 5.01. The molecule has 0 fully saturated rings. The van der Waals surface area contributed by atoms with Gasteiger partial charge in [0, 0.05) is 0 Å². The van der Waals surface area contributed by atoms with Crippen LogP contribution in [0.3, 0.4) is 0 Å². The topological polar surface area (TPSA) is 31.5 Å². The van der Waals surface area contributed by atoms with E-state index in [2.05, 4.69) is 0 Å². The van der Waals surface area contributed by atoms with Gasteiger partial charge in [0.2, 0.25) is 0 Å². The van der Waals surface area contributed by atoms with Gasteiger partial charge >= 0.3 is 0 Å². The minimum absolute atomic E-state index is 0. The van der Waals surface area contributed by atoms with Crippen molar-refractivity contribution in [2.75, 3.05) is 5.88 Å². The van der Waals surface area contributed by atoms with Crippen LogP contribution in [-0.2, 0) is 0 Å². The van der Waals surface area contributed by atoms with E-state index in [9.17, 15) is 0 Å². The second kappa shape index (κ2) is 5.99. The van der Waals surface area contributed by atoms with Crippen LogP contribution in [0.1, 0.15) is 0 Å². The summed E-state index contributed by atoms with van der Waals surface area (Å²) in [7, 11) is 0. The highest BCUT2D eigenvalue weighted by Gasteiger charge is 1.92. The molecule has 0 atom stereocenters. The van der Waals surface area contributed by atoms with Crippen LogP contribution in [0.15, 0.2) is 9.52 Å². The molecular formula is C3H4Cl4O. The molecule has 5 heteroatoms. The first-order valence-electron chi connectivity index (χ1n) is 1.44. The normalized spacial score (nSPS) is 7.50. The van der Waals surface area contributed by atoms with Crippen molar-refractivity contribution >= 4 is 46.4 Å². The third-order valence-electron chi connectivity index (χ3n) is 0.322. The average Bonchev–Trinajstić information content (AvgIpc) is 1.65. The molecule has 0 unspecified atom stereocenters. The van der Waals surface area contributed by atoms with Gasteiger partial charge in [0.25, 0.3) is 0 Å². The predicted molar refractivity (Wildman–Crippen MR) is 38.9 cm³/mol. The maximum atomic E-state index is 5.28. The lowest BCUT2D eigenvalue weighted by Gasteiger charge is -1.85. The minimum Gasteiger partial charge on any atom is -0.412 e. The Hall–Kier alpha value is 0.860. The molecule has 0 amide bonds. The van der Waals surface area contributed by atoms with Crippen LogP contribution in [-0.4, -0.2) is 11.4 Å². The molecule has 0 saturated heterocycles. The molecule has 0 aromatic heterocycles. The monoisotopic (exact) mass is 196 g/mol. The maximum Gasteiger partial charge on any atom is 0.122 e. The fraction of sp³-hybridized carbons (Fsp3) is 0.333. The second-order valence-electron chi connectivity index (χ2n) is 0.799. The van der Waals surface area contributed by atoms with Gasteiger partial charge in [0.05, 0.1) is 10.9 Å². The van der Waals surface area contributed by atoms with Crippen molar-refractivity contribution in [1.29, 1.82) is 0 Å². The molecule has 0 saturated carbocycles. The van der Waals surface area contributed by atoms with E-state index in [4.69, 9.17) is 46.4 Å². The van der Waals surface area contributed by atoms with Crippen molar-refractivity contribution in [3.63, 3.8) is 0 Å². The molecule has 0 heterocycles. The first-order chi connectivity index (χ1) is 3.18. The van der Waals surface area contributed by atoms with Gasteiger partial charge in [0.1, 0.15) is 4.49 Å². The van der Waals surface area contributed by atoms with Crippen molar-refractivity contribution in [3.8, 4) is 0 Å². The van der Waals surface area contributed by atoms with Gasteiger partial charge in [-0.3, -0.25) is 0 Å². The standard InChI is InChI=1S/C3H2Cl4.H2O/c4-1-2(5)3(6)7;/h1H2;1H2. The van der Waals surface area contributed by atoms with Gasteiger partial charge in [0.15, 0.2) is 0 Å². The van der Waals surface area contributed by atoms with Crippen LogP contribution in [0, 0.1) is 0 Å². The Morgan fingerprint density at radius 1 is 1.12 bits per heavy atom. The van der Waals surface area contributed by atoms with E-state index in [0.29, 0.717) is 0 Å². The molecule has 0 rings (SSSR count). The summed E-state index contributed by atoms with van der Waals surface area (Å²) in [5.74, 6) is 0.171. The Labute approximate surface area is 67.5 Å². The lowest BCUT2D eigenvalue weighted by Crippen LogP contribution is -1.69. The molecule has 0 aliphatic rings. The summed E-state index contributed by atoms with van der Waals surface area (Å²) in [4.78, 5) is 0. The van der Waals surface area contributed by atoms with Gasteiger partial charge < -0.3 is 5.48 Å².